The number of hydrogen-bond acceptors (Lipinski definition) is 7. The first-order chi connectivity index (χ1) is 15.1. The van der Waals surface area contributed by atoms with E-state index in [0.717, 1.165) is 65.6 Å². The van der Waals surface area contributed by atoms with E-state index in [1.54, 1.807) is 25.1 Å². The summed E-state index contributed by atoms with van der Waals surface area (Å²) in [6.45, 7) is 2.54. The average molecular weight is 425 g/mol. The largest absolute Gasteiger partial charge is 0.491 e. The molecule has 2 aromatic heterocycles. The Morgan fingerprint density at radius 3 is 2.58 bits per heavy atom. The van der Waals surface area contributed by atoms with Crippen LogP contribution in [0.4, 0.5) is 0 Å². The lowest BCUT2D eigenvalue weighted by atomic mass is 10.0. The zero-order chi connectivity index (χ0) is 22.1. The Morgan fingerprint density at radius 1 is 1.03 bits per heavy atom. The van der Waals surface area contributed by atoms with Crippen molar-refractivity contribution in [2.45, 2.75) is 45.4 Å². The van der Waals surface area contributed by atoms with E-state index in [-0.39, 0.29) is 5.91 Å². The second-order valence-electron chi connectivity index (χ2n) is 7.32. The molecule has 8 heteroatoms. The third-order valence-corrected chi connectivity index (χ3v) is 5.11. The molecule has 8 nitrogen and oxygen atoms in total. The number of carbonyl (C=O) groups is 1. The summed E-state index contributed by atoms with van der Waals surface area (Å²) in [6, 6.07) is 7.85. The number of pyridine rings is 1. The van der Waals surface area contributed by atoms with Crippen molar-refractivity contribution in [1.82, 2.24) is 20.4 Å². The fourth-order valence-corrected chi connectivity index (χ4v) is 3.36. The monoisotopic (exact) mass is 424 g/mol. The zero-order valence-electron chi connectivity index (χ0n) is 17.9. The Morgan fingerprint density at radius 2 is 1.84 bits per heavy atom. The molecule has 0 bridgehead atoms. The number of methoxy groups -OCH3 is 1. The van der Waals surface area contributed by atoms with Gasteiger partial charge in [-0.1, -0.05) is 19.3 Å². The fourth-order valence-electron chi connectivity index (χ4n) is 3.36. The minimum absolute atomic E-state index is 0.334. The van der Waals surface area contributed by atoms with E-state index >= 15 is 0 Å². The Bertz CT molecular complexity index is 1010. The van der Waals surface area contributed by atoms with E-state index in [9.17, 15) is 4.79 Å². The molecule has 31 heavy (non-hydrogen) atoms. The predicted molar refractivity (Wildman–Crippen MR) is 117 cm³/mol. The van der Waals surface area contributed by atoms with Gasteiger partial charge in [0.1, 0.15) is 17.6 Å². The Balaban J connectivity index is 1.65. The Hall–Kier alpha value is -3.26. The second kappa shape index (κ2) is 11.2. The van der Waals surface area contributed by atoms with Crippen molar-refractivity contribution in [3.63, 3.8) is 0 Å². The average Bonchev–Trinajstić information content (AvgIpc) is 2.80. The molecular weight excluding hydrogens is 396 g/mol. The van der Waals surface area contributed by atoms with Gasteiger partial charge in [-0.3, -0.25) is 10.0 Å². The lowest BCUT2D eigenvalue weighted by Crippen LogP contribution is -2.17. The van der Waals surface area contributed by atoms with Crippen LogP contribution < -0.4 is 15.0 Å². The van der Waals surface area contributed by atoms with E-state index in [4.69, 9.17) is 14.7 Å². The number of nitrogens with zero attached hydrogens (tertiary/aromatic N) is 3. The fraction of sp³-hybridized carbons (Fsp3) is 0.391. The van der Waals surface area contributed by atoms with Crippen LogP contribution in [-0.4, -0.2) is 39.8 Å². The first-order valence-electron chi connectivity index (χ1n) is 10.4. The second-order valence-corrected chi connectivity index (χ2v) is 7.32. The molecule has 3 aromatic rings. The summed E-state index contributed by atoms with van der Waals surface area (Å²) in [6.07, 6.45) is 8.34. The molecule has 0 atom stereocenters. The molecule has 2 heterocycles. The van der Waals surface area contributed by atoms with Gasteiger partial charge < -0.3 is 9.47 Å². The molecule has 0 spiro atoms. The Labute approximate surface area is 181 Å². The van der Waals surface area contributed by atoms with Crippen molar-refractivity contribution in [1.29, 1.82) is 0 Å². The van der Waals surface area contributed by atoms with Crippen molar-refractivity contribution in [2.24, 2.45) is 0 Å². The number of benzene rings is 1. The van der Waals surface area contributed by atoms with Crippen LogP contribution >= 0.6 is 0 Å². The molecule has 0 saturated carbocycles. The molecule has 2 N–H and O–H groups in total. The van der Waals surface area contributed by atoms with Gasteiger partial charge in [0.15, 0.2) is 0 Å². The van der Waals surface area contributed by atoms with Gasteiger partial charge in [-0.05, 0) is 43.5 Å². The Kier molecular flexibility index (Phi) is 8.12. The smallest absolute Gasteiger partial charge is 0.243 e. The van der Waals surface area contributed by atoms with Gasteiger partial charge >= 0.3 is 0 Å². The number of ether oxygens (including phenoxy) is 2. The van der Waals surface area contributed by atoms with Gasteiger partial charge in [0, 0.05) is 35.3 Å². The number of hydroxylamine groups is 1. The maximum Gasteiger partial charge on any atom is 0.243 e. The van der Waals surface area contributed by atoms with Crippen LogP contribution in [0.15, 0.2) is 36.8 Å². The van der Waals surface area contributed by atoms with E-state index in [1.165, 1.54) is 0 Å². The number of nitrogens with one attached hydrogen (secondary N) is 1. The van der Waals surface area contributed by atoms with Gasteiger partial charge in [-0.15, -0.1) is 0 Å². The van der Waals surface area contributed by atoms with Crippen LogP contribution in [0.25, 0.3) is 22.0 Å². The zero-order valence-corrected chi connectivity index (χ0v) is 17.9. The number of rotatable bonds is 11. The summed E-state index contributed by atoms with van der Waals surface area (Å²) >= 11 is 0. The third kappa shape index (κ3) is 6.11. The number of aromatic nitrogens is 3. The minimum atomic E-state index is -0.334. The van der Waals surface area contributed by atoms with Crippen molar-refractivity contribution >= 4 is 16.8 Å². The number of fused-ring (bicyclic) bond motifs is 1. The molecule has 1 amide bonds. The number of amides is 1. The SMILES string of the molecule is COc1ccc(-c2cc(OCCCCCCCC(=O)NO)c3ncnc(C)c3c2)cn1. The maximum absolute atomic E-state index is 11.0. The van der Waals surface area contributed by atoms with Gasteiger partial charge in [0.05, 0.1) is 13.7 Å². The molecule has 0 aliphatic heterocycles. The van der Waals surface area contributed by atoms with Crippen molar-refractivity contribution in [3.05, 3.63) is 42.5 Å². The number of aryl methyl sites for hydroxylation is 1. The summed E-state index contributed by atoms with van der Waals surface area (Å²) in [5.74, 6) is 0.963. The summed E-state index contributed by atoms with van der Waals surface area (Å²) in [5.41, 5.74) is 5.29. The maximum atomic E-state index is 11.0. The van der Waals surface area contributed by atoms with Crippen molar-refractivity contribution < 1.29 is 19.5 Å². The minimum Gasteiger partial charge on any atom is -0.491 e. The van der Waals surface area contributed by atoms with Crippen LogP contribution in [-0.2, 0) is 4.79 Å². The summed E-state index contributed by atoms with van der Waals surface area (Å²) in [5, 5.41) is 9.44. The number of hydrogen-bond donors (Lipinski definition) is 2. The normalized spacial score (nSPS) is 10.8. The number of unbranched alkanes of at least 4 members (excludes halogenated alkanes) is 4. The highest BCUT2D eigenvalue weighted by atomic mass is 16.5. The summed E-state index contributed by atoms with van der Waals surface area (Å²) < 4.78 is 11.3. The molecular formula is C23H28N4O4. The first kappa shape index (κ1) is 22.4. The molecule has 0 unspecified atom stereocenters. The van der Waals surface area contributed by atoms with Crippen molar-refractivity contribution in [3.8, 4) is 22.8 Å². The van der Waals surface area contributed by atoms with E-state index in [0.29, 0.717) is 18.9 Å². The van der Waals surface area contributed by atoms with Gasteiger partial charge in [0.2, 0.25) is 11.8 Å². The van der Waals surface area contributed by atoms with Gasteiger partial charge in [-0.25, -0.2) is 20.4 Å². The van der Waals surface area contributed by atoms with Crippen LogP contribution in [0.2, 0.25) is 0 Å². The molecule has 0 aliphatic rings. The molecule has 0 aliphatic carbocycles. The third-order valence-electron chi connectivity index (χ3n) is 5.11. The summed E-state index contributed by atoms with van der Waals surface area (Å²) in [7, 11) is 1.59. The molecule has 0 saturated heterocycles. The molecule has 0 fully saturated rings. The first-order valence-corrected chi connectivity index (χ1v) is 10.4. The van der Waals surface area contributed by atoms with Gasteiger partial charge in [0.25, 0.3) is 0 Å². The highest BCUT2D eigenvalue weighted by Gasteiger charge is 2.11. The lowest BCUT2D eigenvalue weighted by molar-refractivity contribution is -0.129. The molecule has 0 radical (unpaired) electrons. The topological polar surface area (TPSA) is 106 Å². The molecule has 164 valence electrons. The van der Waals surface area contributed by atoms with E-state index in [1.807, 2.05) is 25.1 Å². The molecule has 3 rings (SSSR count). The van der Waals surface area contributed by atoms with E-state index < -0.39 is 0 Å². The summed E-state index contributed by atoms with van der Waals surface area (Å²) in [4.78, 5) is 24.1. The van der Waals surface area contributed by atoms with Crippen LogP contribution in [0.5, 0.6) is 11.6 Å². The van der Waals surface area contributed by atoms with Crippen LogP contribution in [0, 0.1) is 6.92 Å². The van der Waals surface area contributed by atoms with Crippen molar-refractivity contribution in [2.75, 3.05) is 13.7 Å². The highest BCUT2D eigenvalue weighted by Crippen LogP contribution is 2.32. The van der Waals surface area contributed by atoms with Crippen LogP contribution in [0.1, 0.15) is 44.2 Å². The molecule has 1 aromatic carbocycles. The quantitative estimate of drug-likeness (QED) is 0.269. The van der Waals surface area contributed by atoms with Gasteiger partial charge in [-0.2, -0.15) is 0 Å². The number of carbonyl (C=O) groups excluding carboxylic acids is 1. The van der Waals surface area contributed by atoms with E-state index in [2.05, 4.69) is 21.0 Å². The lowest BCUT2D eigenvalue weighted by Gasteiger charge is -2.12. The predicted octanol–water partition coefficient (Wildman–Crippen LogP) is 4.23. The standard InChI is InChI=1S/C23H28N4O4/c1-16-19-12-18(17-9-10-22(30-2)24-14-17)13-20(23(19)26-15-25-16)31-11-7-5-3-4-6-8-21(28)27-29/h9-10,12-15,29H,3-8,11H2,1-2H3,(H,27,28). The highest BCUT2D eigenvalue weighted by molar-refractivity contribution is 5.91. The van der Waals surface area contributed by atoms with Crippen LogP contribution in [0.3, 0.4) is 0 Å².